The van der Waals surface area contributed by atoms with E-state index in [1.807, 2.05) is 0 Å². The lowest BCUT2D eigenvalue weighted by Gasteiger charge is -2.18. The number of nitrogens with one attached hydrogen (secondary N) is 2. The molecule has 1 aliphatic carbocycles. The predicted molar refractivity (Wildman–Crippen MR) is 81.6 cm³/mol. The minimum absolute atomic E-state index is 0.323. The van der Waals surface area contributed by atoms with Crippen molar-refractivity contribution in [2.24, 2.45) is 5.92 Å². The molecule has 2 amide bonds. The second kappa shape index (κ2) is 6.80. The van der Waals surface area contributed by atoms with Gasteiger partial charge in [-0.1, -0.05) is 22.4 Å². The van der Waals surface area contributed by atoms with E-state index in [-0.39, 0.29) is 6.04 Å². The quantitative estimate of drug-likeness (QED) is 0.773. The molecule has 1 saturated carbocycles. The average Bonchev–Trinajstić information content (AvgIpc) is 2.85. The molecule has 114 valence electrons. The van der Waals surface area contributed by atoms with Crippen LogP contribution in [0.25, 0.3) is 0 Å². The fourth-order valence-electron chi connectivity index (χ4n) is 2.52. The number of hydrogen-bond acceptors (Lipinski definition) is 3. The zero-order chi connectivity index (χ0) is 15.4. The first kappa shape index (κ1) is 15.6. The number of aliphatic carboxylic acids is 1. The summed E-state index contributed by atoms with van der Waals surface area (Å²) in [4.78, 5) is 23.1. The summed E-state index contributed by atoms with van der Waals surface area (Å²) in [6.07, 6.45) is 2.10. The Kier molecular flexibility index (Phi) is 5.06. The van der Waals surface area contributed by atoms with Crippen LogP contribution < -0.4 is 15.4 Å². The minimum Gasteiger partial charge on any atom is -0.497 e. The Labute approximate surface area is 131 Å². The van der Waals surface area contributed by atoms with Crippen LogP contribution in [-0.2, 0) is 4.79 Å². The molecule has 0 bridgehead atoms. The SMILES string of the molecule is COc1cc(Br)cc(NC(=O)NC2CCCC2C(=O)O)c1. The van der Waals surface area contributed by atoms with Gasteiger partial charge in [0.25, 0.3) is 0 Å². The highest BCUT2D eigenvalue weighted by atomic mass is 79.9. The number of methoxy groups -OCH3 is 1. The Bertz CT molecular complexity index is 550. The van der Waals surface area contributed by atoms with Crippen LogP contribution >= 0.6 is 15.9 Å². The van der Waals surface area contributed by atoms with Crippen LogP contribution in [0.5, 0.6) is 5.75 Å². The van der Waals surface area contributed by atoms with Crippen molar-refractivity contribution in [2.45, 2.75) is 25.3 Å². The monoisotopic (exact) mass is 356 g/mol. The maximum atomic E-state index is 12.0. The molecule has 0 saturated heterocycles. The Morgan fingerprint density at radius 1 is 1.33 bits per heavy atom. The van der Waals surface area contributed by atoms with Crippen molar-refractivity contribution in [2.75, 3.05) is 12.4 Å². The van der Waals surface area contributed by atoms with E-state index < -0.39 is 17.9 Å². The van der Waals surface area contributed by atoms with Gasteiger partial charge in [0, 0.05) is 22.3 Å². The Balaban J connectivity index is 1.98. The number of carboxylic acid groups (broad SMARTS) is 1. The molecule has 6 nitrogen and oxygen atoms in total. The van der Waals surface area contributed by atoms with Crippen molar-refractivity contribution in [1.82, 2.24) is 5.32 Å². The summed E-state index contributed by atoms with van der Waals surface area (Å²) in [6.45, 7) is 0. The lowest BCUT2D eigenvalue weighted by Crippen LogP contribution is -2.42. The van der Waals surface area contributed by atoms with Gasteiger partial charge in [0.05, 0.1) is 13.0 Å². The summed E-state index contributed by atoms with van der Waals surface area (Å²) in [5.74, 6) is -0.751. The summed E-state index contributed by atoms with van der Waals surface area (Å²) < 4.78 is 5.90. The van der Waals surface area contributed by atoms with Crippen molar-refractivity contribution in [3.8, 4) is 5.75 Å². The fraction of sp³-hybridized carbons (Fsp3) is 0.429. The van der Waals surface area contributed by atoms with Gasteiger partial charge in [-0.15, -0.1) is 0 Å². The molecular formula is C14H17BrN2O4. The van der Waals surface area contributed by atoms with Gasteiger partial charge < -0.3 is 20.5 Å². The summed E-state index contributed by atoms with van der Waals surface area (Å²) >= 11 is 3.33. The topological polar surface area (TPSA) is 87.7 Å². The van der Waals surface area contributed by atoms with Gasteiger partial charge in [0.15, 0.2) is 0 Å². The molecule has 3 N–H and O–H groups in total. The van der Waals surface area contributed by atoms with E-state index in [2.05, 4.69) is 26.6 Å². The second-order valence-electron chi connectivity index (χ2n) is 4.96. The van der Waals surface area contributed by atoms with E-state index in [4.69, 9.17) is 9.84 Å². The van der Waals surface area contributed by atoms with Gasteiger partial charge in [-0.2, -0.15) is 0 Å². The number of carbonyl (C=O) groups excluding carboxylic acids is 1. The Hall–Kier alpha value is -1.76. The first-order valence-electron chi connectivity index (χ1n) is 6.64. The molecule has 1 aromatic rings. The van der Waals surface area contributed by atoms with Crippen molar-refractivity contribution < 1.29 is 19.4 Å². The van der Waals surface area contributed by atoms with Crippen LogP contribution in [0.4, 0.5) is 10.5 Å². The fourth-order valence-corrected chi connectivity index (χ4v) is 2.99. The van der Waals surface area contributed by atoms with Crippen LogP contribution in [0, 0.1) is 5.92 Å². The largest absolute Gasteiger partial charge is 0.497 e. The number of benzene rings is 1. The molecule has 21 heavy (non-hydrogen) atoms. The molecule has 0 heterocycles. The smallest absolute Gasteiger partial charge is 0.319 e. The first-order valence-corrected chi connectivity index (χ1v) is 7.44. The van der Waals surface area contributed by atoms with E-state index in [0.717, 1.165) is 10.9 Å². The molecular weight excluding hydrogens is 340 g/mol. The number of carbonyl (C=O) groups is 2. The van der Waals surface area contributed by atoms with Crippen LogP contribution in [0.3, 0.4) is 0 Å². The third-order valence-corrected chi connectivity index (χ3v) is 3.97. The standard InChI is InChI=1S/C14H17BrN2O4/c1-21-10-6-8(15)5-9(7-10)16-14(20)17-12-4-2-3-11(12)13(18)19/h5-7,11-12H,2-4H2,1H3,(H,18,19)(H2,16,17,20). The summed E-state index contributed by atoms with van der Waals surface area (Å²) in [7, 11) is 1.54. The maximum Gasteiger partial charge on any atom is 0.319 e. The molecule has 0 radical (unpaired) electrons. The van der Waals surface area contributed by atoms with Gasteiger partial charge in [0.1, 0.15) is 5.75 Å². The number of amides is 2. The number of halogens is 1. The highest BCUT2D eigenvalue weighted by Gasteiger charge is 2.33. The van der Waals surface area contributed by atoms with Crippen molar-refractivity contribution in [3.05, 3.63) is 22.7 Å². The van der Waals surface area contributed by atoms with E-state index in [1.165, 1.54) is 0 Å². The summed E-state index contributed by atoms with van der Waals surface area (Å²) in [5, 5.41) is 14.5. The Morgan fingerprint density at radius 3 is 2.76 bits per heavy atom. The predicted octanol–water partition coefficient (Wildman–Crippen LogP) is 2.83. The van der Waals surface area contributed by atoms with E-state index in [9.17, 15) is 9.59 Å². The normalized spacial score (nSPS) is 20.9. The molecule has 1 aromatic carbocycles. The van der Waals surface area contributed by atoms with Crippen molar-refractivity contribution in [1.29, 1.82) is 0 Å². The van der Waals surface area contributed by atoms with E-state index in [0.29, 0.717) is 24.3 Å². The highest BCUT2D eigenvalue weighted by Crippen LogP contribution is 2.27. The third kappa shape index (κ3) is 4.10. The molecule has 0 aromatic heterocycles. The van der Waals surface area contributed by atoms with Crippen LogP contribution in [0.15, 0.2) is 22.7 Å². The summed E-state index contributed by atoms with van der Waals surface area (Å²) in [6, 6.07) is 4.48. The minimum atomic E-state index is -0.859. The van der Waals surface area contributed by atoms with Gasteiger partial charge in [0.2, 0.25) is 0 Å². The first-order chi connectivity index (χ1) is 9.99. The number of hydrogen-bond donors (Lipinski definition) is 3. The van der Waals surface area contributed by atoms with Crippen molar-refractivity contribution >= 4 is 33.6 Å². The zero-order valence-electron chi connectivity index (χ0n) is 11.6. The second-order valence-corrected chi connectivity index (χ2v) is 5.88. The molecule has 1 fully saturated rings. The molecule has 0 spiro atoms. The summed E-state index contributed by atoms with van der Waals surface area (Å²) in [5.41, 5.74) is 0.573. The van der Waals surface area contributed by atoms with Gasteiger partial charge in [-0.25, -0.2) is 4.79 Å². The molecule has 2 unspecified atom stereocenters. The number of rotatable bonds is 4. The van der Waals surface area contributed by atoms with Crippen molar-refractivity contribution in [3.63, 3.8) is 0 Å². The molecule has 1 aliphatic rings. The average molecular weight is 357 g/mol. The lowest BCUT2D eigenvalue weighted by molar-refractivity contribution is -0.142. The maximum absolute atomic E-state index is 12.0. The zero-order valence-corrected chi connectivity index (χ0v) is 13.1. The van der Waals surface area contributed by atoms with E-state index >= 15 is 0 Å². The number of carboxylic acids is 1. The molecule has 0 aliphatic heterocycles. The lowest BCUT2D eigenvalue weighted by atomic mass is 10.0. The van der Waals surface area contributed by atoms with Crippen LogP contribution in [0.1, 0.15) is 19.3 Å². The molecule has 7 heteroatoms. The highest BCUT2D eigenvalue weighted by molar-refractivity contribution is 9.10. The van der Waals surface area contributed by atoms with E-state index in [1.54, 1.807) is 25.3 Å². The Morgan fingerprint density at radius 2 is 2.10 bits per heavy atom. The number of ether oxygens (including phenoxy) is 1. The van der Waals surface area contributed by atoms with Crippen LogP contribution in [-0.4, -0.2) is 30.3 Å². The van der Waals surface area contributed by atoms with Gasteiger partial charge in [-0.05, 0) is 25.0 Å². The van der Waals surface area contributed by atoms with Crippen LogP contribution in [0.2, 0.25) is 0 Å². The third-order valence-electron chi connectivity index (χ3n) is 3.51. The molecule has 2 rings (SSSR count). The van der Waals surface area contributed by atoms with Gasteiger partial charge in [-0.3, -0.25) is 4.79 Å². The van der Waals surface area contributed by atoms with Gasteiger partial charge >= 0.3 is 12.0 Å². The number of anilines is 1. The number of urea groups is 1. The molecule has 2 atom stereocenters.